The quantitative estimate of drug-likeness (QED) is 0.124. The van der Waals surface area contributed by atoms with Gasteiger partial charge in [0.1, 0.15) is 0 Å². The third kappa shape index (κ3) is 4.81. The second kappa shape index (κ2) is 11.1. The molecule has 0 aliphatic carbocycles. The molecule has 0 bridgehead atoms. The van der Waals surface area contributed by atoms with Gasteiger partial charge >= 0.3 is 0 Å². The summed E-state index contributed by atoms with van der Waals surface area (Å²) in [5.41, 5.74) is -8.81. The van der Waals surface area contributed by atoms with E-state index in [0.717, 1.165) is 0 Å². The zero-order chi connectivity index (χ0) is 30.5. The van der Waals surface area contributed by atoms with E-state index in [0.29, 0.717) is 6.08 Å². The molecule has 0 aromatic heterocycles. The lowest BCUT2D eigenvalue weighted by Crippen LogP contribution is -2.52. The molecule has 40 heavy (non-hydrogen) atoms. The van der Waals surface area contributed by atoms with Crippen LogP contribution in [0.4, 0.5) is 65.9 Å². The highest BCUT2D eigenvalue weighted by Gasteiger charge is 2.44. The van der Waals surface area contributed by atoms with Gasteiger partial charge in [0, 0.05) is 16.5 Å². The van der Waals surface area contributed by atoms with Crippen LogP contribution in [0.25, 0.3) is 5.47 Å². The van der Waals surface area contributed by atoms with Crippen molar-refractivity contribution < 1.29 is 65.9 Å². The van der Waals surface area contributed by atoms with E-state index in [9.17, 15) is 65.9 Å². The summed E-state index contributed by atoms with van der Waals surface area (Å²) in [7, 11) is 0. The lowest BCUT2D eigenvalue weighted by atomic mass is 9.34. The van der Waals surface area contributed by atoms with Crippen molar-refractivity contribution in [2.45, 2.75) is 20.3 Å². The van der Waals surface area contributed by atoms with E-state index < -0.39 is 128 Å². The average Bonchev–Trinajstić information content (AvgIpc) is 2.91. The molecular formula is C24H10BF15. The molecule has 0 N–H and O–H groups in total. The molecule has 0 heterocycles. The maximum Gasteiger partial charge on any atom is 0.257 e. The standard InChI is InChI=1S/C24H10BF15/c1-5(2)3-4-6(7-10(26)16(32)22(38)17(33)11(7)27)25(8-12(28)18(34)23(39)19(35)13(8)29)9-14(30)20(36)24(40)21(37)15(9)31/h4-5H,3H2,1-2H3/b6-4+. The zero-order valence-electron chi connectivity index (χ0n) is 19.6. The van der Waals surface area contributed by atoms with Gasteiger partial charge in [-0.3, -0.25) is 0 Å². The first-order chi connectivity index (χ1) is 18.5. The fourth-order valence-corrected chi connectivity index (χ4v) is 3.79. The summed E-state index contributed by atoms with van der Waals surface area (Å²) in [6.07, 6.45) is -0.278. The minimum Gasteiger partial charge on any atom is -0.204 e. The van der Waals surface area contributed by atoms with E-state index in [1.807, 2.05) is 0 Å². The minimum atomic E-state index is -3.55. The first kappa shape index (κ1) is 30.9. The van der Waals surface area contributed by atoms with E-state index in [1.54, 1.807) is 0 Å². The summed E-state index contributed by atoms with van der Waals surface area (Å²) < 4.78 is 215. The van der Waals surface area contributed by atoms with Gasteiger partial charge in [-0.25, -0.2) is 65.9 Å². The highest BCUT2D eigenvalue weighted by Crippen LogP contribution is 2.33. The third-order valence-corrected chi connectivity index (χ3v) is 5.68. The maximum absolute atomic E-state index is 14.9. The van der Waals surface area contributed by atoms with Crippen molar-refractivity contribution in [2.75, 3.05) is 0 Å². The van der Waals surface area contributed by atoms with Crippen molar-refractivity contribution in [3.63, 3.8) is 0 Å². The normalized spacial score (nSPS) is 12.1. The first-order valence-electron chi connectivity index (χ1n) is 10.7. The van der Waals surface area contributed by atoms with Crippen molar-refractivity contribution in [1.82, 2.24) is 0 Å². The van der Waals surface area contributed by atoms with E-state index in [4.69, 9.17) is 0 Å². The fourth-order valence-electron chi connectivity index (χ4n) is 3.79. The predicted octanol–water partition coefficient (Wildman–Crippen LogP) is 7.05. The number of allylic oxidation sites excluding steroid dienone is 1. The molecule has 214 valence electrons. The molecule has 0 spiro atoms. The molecule has 0 aliphatic rings. The monoisotopic (exact) mass is 594 g/mol. The van der Waals surface area contributed by atoms with E-state index in [-0.39, 0.29) is 0 Å². The van der Waals surface area contributed by atoms with Crippen molar-refractivity contribution in [2.24, 2.45) is 5.92 Å². The van der Waals surface area contributed by atoms with Crippen LogP contribution in [0.15, 0.2) is 6.08 Å². The van der Waals surface area contributed by atoms with Crippen LogP contribution in [-0.4, -0.2) is 6.71 Å². The largest absolute Gasteiger partial charge is 0.257 e. The Morgan fingerprint density at radius 3 is 0.975 bits per heavy atom. The molecule has 0 fully saturated rings. The smallest absolute Gasteiger partial charge is 0.204 e. The molecule has 3 aromatic carbocycles. The van der Waals surface area contributed by atoms with Gasteiger partial charge < -0.3 is 0 Å². The van der Waals surface area contributed by atoms with Gasteiger partial charge in [-0.15, -0.1) is 0 Å². The molecular weight excluding hydrogens is 584 g/mol. The Labute approximate surface area is 214 Å². The number of hydrogen-bond acceptors (Lipinski definition) is 0. The second-order valence-electron chi connectivity index (χ2n) is 8.63. The molecule has 3 rings (SSSR count). The van der Waals surface area contributed by atoms with Crippen molar-refractivity contribution in [3.05, 3.63) is 98.9 Å². The molecule has 0 saturated carbocycles. The molecule has 0 saturated heterocycles. The van der Waals surface area contributed by atoms with Crippen LogP contribution in [0.5, 0.6) is 0 Å². The molecule has 0 nitrogen and oxygen atoms in total. The molecule has 3 aromatic rings. The van der Waals surface area contributed by atoms with Crippen molar-refractivity contribution >= 4 is 23.1 Å². The minimum absolute atomic E-state index is 0.337. The Balaban J connectivity index is 2.71. The SMILES string of the molecule is CC(C)C/C=C(/B(c1c(F)c(F)c(F)c(F)c1F)c1c(F)c(F)c(F)c(F)c1F)c1c(F)c(F)c(F)c(F)c1F. The summed E-state index contributed by atoms with van der Waals surface area (Å²) >= 11 is 0. The summed E-state index contributed by atoms with van der Waals surface area (Å²) in [5.74, 6) is -43.5. The zero-order valence-corrected chi connectivity index (χ0v) is 19.6. The molecule has 0 radical (unpaired) electrons. The van der Waals surface area contributed by atoms with Crippen molar-refractivity contribution in [3.8, 4) is 0 Å². The molecule has 16 heteroatoms. The lowest BCUT2D eigenvalue weighted by Gasteiger charge is -2.24. The summed E-state index contributed by atoms with van der Waals surface area (Å²) in [4.78, 5) is 0. The van der Waals surface area contributed by atoms with Crippen LogP contribution >= 0.6 is 0 Å². The van der Waals surface area contributed by atoms with Crippen LogP contribution in [0.3, 0.4) is 0 Å². The molecule has 0 unspecified atom stereocenters. The third-order valence-electron chi connectivity index (χ3n) is 5.68. The predicted molar refractivity (Wildman–Crippen MR) is 111 cm³/mol. The first-order valence-corrected chi connectivity index (χ1v) is 10.7. The van der Waals surface area contributed by atoms with E-state index >= 15 is 0 Å². The van der Waals surface area contributed by atoms with Gasteiger partial charge in [-0.2, -0.15) is 0 Å². The van der Waals surface area contributed by atoms with Crippen molar-refractivity contribution in [1.29, 1.82) is 0 Å². The van der Waals surface area contributed by atoms with Gasteiger partial charge in [-0.1, -0.05) is 25.4 Å². The fraction of sp³-hybridized carbons (Fsp3) is 0.167. The highest BCUT2D eigenvalue weighted by molar-refractivity contribution is 6.99. The number of halogens is 15. The summed E-state index contributed by atoms with van der Waals surface area (Å²) in [6, 6.07) is 0. The topological polar surface area (TPSA) is 0 Å². The van der Waals surface area contributed by atoms with Gasteiger partial charge in [-0.05, 0) is 12.3 Å². The van der Waals surface area contributed by atoms with E-state index in [2.05, 4.69) is 0 Å². The van der Waals surface area contributed by atoms with Gasteiger partial charge in [0.25, 0.3) is 6.71 Å². The molecule has 0 atom stereocenters. The Hall–Kier alpha value is -3.59. The maximum atomic E-state index is 14.9. The van der Waals surface area contributed by atoms with Gasteiger partial charge in [0.2, 0.25) is 5.82 Å². The Morgan fingerprint density at radius 1 is 0.450 bits per heavy atom. The van der Waals surface area contributed by atoms with Crippen LogP contribution in [0, 0.1) is 93.2 Å². The average molecular weight is 594 g/mol. The second-order valence-corrected chi connectivity index (χ2v) is 8.63. The molecule has 0 aliphatic heterocycles. The Kier molecular flexibility index (Phi) is 8.60. The Morgan fingerprint density at radius 2 is 0.700 bits per heavy atom. The number of rotatable bonds is 6. The Bertz CT molecular complexity index is 1400. The van der Waals surface area contributed by atoms with Crippen LogP contribution in [-0.2, 0) is 0 Å². The van der Waals surface area contributed by atoms with Crippen LogP contribution in [0.2, 0.25) is 0 Å². The van der Waals surface area contributed by atoms with Crippen LogP contribution < -0.4 is 10.9 Å². The van der Waals surface area contributed by atoms with Gasteiger partial charge in [0.05, 0.1) is 0 Å². The van der Waals surface area contributed by atoms with Gasteiger partial charge in [0.15, 0.2) is 81.4 Å². The summed E-state index contributed by atoms with van der Waals surface area (Å²) in [6.45, 7) is -0.919. The highest BCUT2D eigenvalue weighted by atomic mass is 19.2. The van der Waals surface area contributed by atoms with E-state index in [1.165, 1.54) is 13.8 Å². The lowest BCUT2D eigenvalue weighted by molar-refractivity contribution is 0.376. The van der Waals surface area contributed by atoms with Crippen LogP contribution in [0.1, 0.15) is 25.8 Å². The molecule has 0 amide bonds. The number of hydrogen-bond donors (Lipinski definition) is 0. The summed E-state index contributed by atoms with van der Waals surface area (Å²) in [5, 5.41) is 0. The number of benzene rings is 3.